The summed E-state index contributed by atoms with van der Waals surface area (Å²) in [7, 11) is -4.16. The molecule has 6 heteroatoms. The van der Waals surface area contributed by atoms with Crippen LogP contribution in [-0.4, -0.2) is 29.4 Å². The summed E-state index contributed by atoms with van der Waals surface area (Å²) in [5.74, 6) is 0. The van der Waals surface area contributed by atoms with Crippen LogP contribution in [0.3, 0.4) is 0 Å². The summed E-state index contributed by atoms with van der Waals surface area (Å²) >= 11 is 0. The first-order valence-corrected chi connectivity index (χ1v) is 13.5. The van der Waals surface area contributed by atoms with Crippen LogP contribution in [-0.2, 0) is 10.1 Å². The molecule has 0 rings (SSSR count). The minimum Gasteiger partial charge on any atom is -0.748 e. The second kappa shape index (κ2) is 22.7. The van der Waals surface area contributed by atoms with Crippen molar-refractivity contribution in [1.82, 2.24) is 0 Å². The van der Waals surface area contributed by atoms with Crippen molar-refractivity contribution in [3.63, 3.8) is 0 Å². The Hall–Kier alpha value is 1.51. The third kappa shape index (κ3) is 22.5. The summed E-state index contributed by atoms with van der Waals surface area (Å²) in [4.78, 5) is 0. The van der Waals surface area contributed by atoms with E-state index in [4.69, 9.17) is 0 Å². The van der Waals surface area contributed by atoms with Crippen LogP contribution >= 0.6 is 0 Å². The van der Waals surface area contributed by atoms with E-state index in [1.54, 1.807) is 0 Å². The quantitative estimate of drug-likeness (QED) is 0.162. The Bertz CT molecular complexity index is 429. The summed E-state index contributed by atoms with van der Waals surface area (Å²) in [5, 5.41) is 8.83. The number of rotatable bonds is 21. The van der Waals surface area contributed by atoms with Gasteiger partial charge in [0.15, 0.2) is 0 Å². The normalized spacial score (nSPS) is 13.8. The minimum absolute atomic E-state index is 0. The number of unbranched alkanes of at least 4 members (excludes halogenated alkanes) is 13. The van der Waals surface area contributed by atoms with Crippen LogP contribution in [0, 0.1) is 0 Å². The van der Waals surface area contributed by atoms with Gasteiger partial charge in [0, 0.05) is 5.25 Å². The van der Waals surface area contributed by atoms with Gasteiger partial charge in [0.05, 0.1) is 16.2 Å². The Morgan fingerprint density at radius 2 is 1.00 bits per heavy atom. The molecule has 170 valence electrons. The zero-order valence-corrected chi connectivity index (χ0v) is 23.6. The molecule has 0 aliphatic heterocycles. The maximum absolute atomic E-state index is 11.5. The predicted molar refractivity (Wildman–Crippen MR) is 119 cm³/mol. The van der Waals surface area contributed by atoms with Crippen molar-refractivity contribution in [3.8, 4) is 0 Å². The third-order valence-electron chi connectivity index (χ3n) is 5.82. The van der Waals surface area contributed by atoms with Crippen LogP contribution in [0.2, 0.25) is 0 Å². The van der Waals surface area contributed by atoms with Crippen molar-refractivity contribution >= 4 is 10.1 Å². The molecule has 4 nitrogen and oxygen atoms in total. The molecule has 2 atom stereocenters. The number of hydrogen-bond donors (Lipinski definition) is 1. The topological polar surface area (TPSA) is 77.4 Å². The molecule has 0 saturated heterocycles. The van der Waals surface area contributed by atoms with Gasteiger partial charge in [0.2, 0.25) is 0 Å². The minimum atomic E-state index is -4.16. The molecule has 0 aliphatic carbocycles. The van der Waals surface area contributed by atoms with Gasteiger partial charge >= 0.3 is 51.4 Å². The molecule has 0 radical (unpaired) electrons. The second-order valence-electron chi connectivity index (χ2n) is 8.49. The van der Waals surface area contributed by atoms with E-state index in [-0.39, 0.29) is 57.5 Å². The first-order valence-electron chi connectivity index (χ1n) is 12.0. The SMILES string of the molecule is CCCCCCCCCCC(CCCCCCCCCC(O)CC)S(=O)(=O)[O-].[K+]. The Morgan fingerprint density at radius 1 is 0.655 bits per heavy atom. The fourth-order valence-electron chi connectivity index (χ4n) is 3.78. The van der Waals surface area contributed by atoms with E-state index in [0.717, 1.165) is 70.6 Å². The molecule has 0 spiro atoms. The molecule has 29 heavy (non-hydrogen) atoms. The van der Waals surface area contributed by atoms with Crippen molar-refractivity contribution in [2.75, 3.05) is 0 Å². The van der Waals surface area contributed by atoms with Gasteiger partial charge in [-0.25, -0.2) is 8.42 Å². The predicted octanol–water partition coefficient (Wildman–Crippen LogP) is 3.72. The van der Waals surface area contributed by atoms with E-state index in [9.17, 15) is 18.1 Å². The van der Waals surface area contributed by atoms with E-state index >= 15 is 0 Å². The Labute approximate surface area is 224 Å². The molecule has 0 aromatic heterocycles. The average molecular weight is 459 g/mol. The fraction of sp³-hybridized carbons (Fsp3) is 1.00. The van der Waals surface area contributed by atoms with Crippen LogP contribution in [0.25, 0.3) is 0 Å². The van der Waals surface area contributed by atoms with E-state index in [2.05, 4.69) is 6.92 Å². The Balaban J connectivity index is 0. The van der Waals surface area contributed by atoms with E-state index in [0.29, 0.717) is 12.8 Å². The molecular formula is C23H47KO4S. The number of aliphatic hydroxyl groups excluding tert-OH is 1. The molecule has 0 aliphatic rings. The first-order chi connectivity index (χ1) is 13.4. The van der Waals surface area contributed by atoms with Gasteiger partial charge in [-0.3, -0.25) is 0 Å². The van der Waals surface area contributed by atoms with Gasteiger partial charge < -0.3 is 9.66 Å². The molecule has 0 heterocycles. The molecule has 0 bridgehead atoms. The van der Waals surface area contributed by atoms with Crippen LogP contribution < -0.4 is 51.4 Å². The van der Waals surface area contributed by atoms with Crippen molar-refractivity contribution in [3.05, 3.63) is 0 Å². The molecule has 0 fully saturated rings. The van der Waals surface area contributed by atoms with Crippen LogP contribution in [0.5, 0.6) is 0 Å². The van der Waals surface area contributed by atoms with Gasteiger partial charge in [-0.05, 0) is 25.7 Å². The van der Waals surface area contributed by atoms with E-state index < -0.39 is 15.4 Å². The second-order valence-corrected chi connectivity index (χ2v) is 10.1. The maximum atomic E-state index is 11.5. The summed E-state index contributed by atoms with van der Waals surface area (Å²) in [6.07, 6.45) is 19.7. The smallest absolute Gasteiger partial charge is 0.748 e. The Kier molecular flexibility index (Phi) is 25.6. The first kappa shape index (κ1) is 32.7. The summed E-state index contributed by atoms with van der Waals surface area (Å²) < 4.78 is 34.5. The summed E-state index contributed by atoms with van der Waals surface area (Å²) in [6, 6.07) is 0. The molecule has 0 aromatic carbocycles. The molecule has 0 saturated carbocycles. The molecule has 1 N–H and O–H groups in total. The van der Waals surface area contributed by atoms with Crippen LogP contribution in [0.4, 0.5) is 0 Å². The molecule has 2 unspecified atom stereocenters. The van der Waals surface area contributed by atoms with Crippen molar-refractivity contribution < 1.29 is 69.5 Å². The van der Waals surface area contributed by atoms with Gasteiger partial charge in [-0.1, -0.05) is 110 Å². The number of aliphatic hydroxyl groups is 1. The van der Waals surface area contributed by atoms with Crippen molar-refractivity contribution in [2.45, 2.75) is 147 Å². The zero-order valence-electron chi connectivity index (χ0n) is 19.7. The van der Waals surface area contributed by atoms with Crippen molar-refractivity contribution in [2.24, 2.45) is 0 Å². The maximum Gasteiger partial charge on any atom is 1.00 e. The molecular weight excluding hydrogens is 411 g/mol. The fourth-order valence-corrected chi connectivity index (χ4v) is 4.69. The van der Waals surface area contributed by atoms with E-state index in [1.807, 2.05) is 6.92 Å². The third-order valence-corrected chi connectivity index (χ3v) is 7.11. The molecule has 0 amide bonds. The average Bonchev–Trinajstić information content (AvgIpc) is 2.65. The monoisotopic (exact) mass is 458 g/mol. The van der Waals surface area contributed by atoms with Gasteiger partial charge in [-0.15, -0.1) is 0 Å². The van der Waals surface area contributed by atoms with Gasteiger partial charge in [0.1, 0.15) is 0 Å². The standard InChI is InChI=1S/C23H48O4S.K/c1-3-5-6-7-8-11-14-17-20-23(28(25,26)27)21-18-15-12-9-10-13-16-19-22(24)4-2;/h22-24H,3-21H2,1-2H3,(H,25,26,27);/q;+1/p-1. The van der Waals surface area contributed by atoms with Crippen LogP contribution in [0.15, 0.2) is 0 Å². The zero-order chi connectivity index (χ0) is 21.1. The van der Waals surface area contributed by atoms with E-state index in [1.165, 1.54) is 38.5 Å². The Morgan fingerprint density at radius 3 is 1.34 bits per heavy atom. The van der Waals surface area contributed by atoms with Crippen molar-refractivity contribution in [1.29, 1.82) is 0 Å². The molecule has 0 aromatic rings. The number of hydrogen-bond acceptors (Lipinski definition) is 4. The van der Waals surface area contributed by atoms with Gasteiger partial charge in [-0.2, -0.15) is 0 Å². The summed E-state index contributed by atoms with van der Waals surface area (Å²) in [5.41, 5.74) is 0. The van der Waals surface area contributed by atoms with Gasteiger partial charge in [0.25, 0.3) is 0 Å². The summed E-state index contributed by atoms with van der Waals surface area (Å²) in [6.45, 7) is 4.22. The van der Waals surface area contributed by atoms with Crippen LogP contribution in [0.1, 0.15) is 136 Å². The largest absolute Gasteiger partial charge is 1.00 e.